The van der Waals surface area contributed by atoms with Crippen molar-refractivity contribution in [1.29, 1.82) is 0 Å². The fraction of sp³-hybridized carbons (Fsp3) is 0.714. The van der Waals surface area contributed by atoms with Crippen LogP contribution in [0.25, 0.3) is 0 Å². The highest BCUT2D eigenvalue weighted by Gasteiger charge is 2.39. The van der Waals surface area contributed by atoms with Crippen molar-refractivity contribution in [3.05, 3.63) is 12.7 Å². The summed E-state index contributed by atoms with van der Waals surface area (Å²) in [5.41, 5.74) is 0. The summed E-state index contributed by atoms with van der Waals surface area (Å²) >= 11 is 0. The summed E-state index contributed by atoms with van der Waals surface area (Å²) in [4.78, 5) is 0. The Morgan fingerprint density at radius 2 is 2.30 bits per heavy atom. The second-order valence-electron chi connectivity index (χ2n) is 2.50. The van der Waals surface area contributed by atoms with Gasteiger partial charge in [0.15, 0.2) is 13.1 Å². The molecule has 10 heavy (non-hydrogen) atoms. The Hall–Kier alpha value is -0.380. The molecule has 2 rings (SSSR count). The Kier molecular flexibility index (Phi) is 1.48. The first-order valence-electron chi connectivity index (χ1n) is 3.41. The van der Waals surface area contributed by atoms with Crippen molar-refractivity contribution in [2.45, 2.75) is 24.9 Å². The molecule has 3 atom stereocenters. The normalized spacial score (nSPS) is 45.4. The van der Waals surface area contributed by atoms with Crippen LogP contribution in [0.15, 0.2) is 12.7 Å². The monoisotopic (exact) mass is 142 g/mol. The molecule has 2 aliphatic rings. The van der Waals surface area contributed by atoms with Crippen LogP contribution in [-0.2, 0) is 14.2 Å². The third-order valence-electron chi connectivity index (χ3n) is 1.85. The van der Waals surface area contributed by atoms with Crippen molar-refractivity contribution in [2.75, 3.05) is 6.79 Å². The van der Waals surface area contributed by atoms with Gasteiger partial charge in [0.1, 0.15) is 6.10 Å². The Balaban J connectivity index is 1.99. The van der Waals surface area contributed by atoms with Gasteiger partial charge in [0, 0.05) is 6.42 Å². The lowest BCUT2D eigenvalue weighted by Crippen LogP contribution is -2.15. The lowest BCUT2D eigenvalue weighted by molar-refractivity contribution is -0.105. The van der Waals surface area contributed by atoms with Crippen LogP contribution < -0.4 is 0 Å². The van der Waals surface area contributed by atoms with Crippen LogP contribution in [0.5, 0.6) is 0 Å². The van der Waals surface area contributed by atoms with E-state index in [-0.39, 0.29) is 18.5 Å². The molecule has 0 aromatic carbocycles. The van der Waals surface area contributed by atoms with Crippen LogP contribution in [0.2, 0.25) is 0 Å². The zero-order valence-corrected chi connectivity index (χ0v) is 5.66. The maximum absolute atomic E-state index is 5.37. The highest BCUT2D eigenvalue weighted by molar-refractivity contribution is 4.90. The van der Waals surface area contributed by atoms with Gasteiger partial charge in [-0.05, 0) is 0 Å². The summed E-state index contributed by atoms with van der Waals surface area (Å²) in [6.07, 6.45) is 2.79. The first kappa shape index (κ1) is 6.34. The quantitative estimate of drug-likeness (QED) is 0.503. The van der Waals surface area contributed by atoms with E-state index < -0.39 is 0 Å². The molecule has 0 bridgehead atoms. The summed E-state index contributed by atoms with van der Waals surface area (Å²) in [6.45, 7) is 4.01. The summed E-state index contributed by atoms with van der Waals surface area (Å²) < 4.78 is 15.7. The first-order valence-corrected chi connectivity index (χ1v) is 3.41. The van der Waals surface area contributed by atoms with E-state index in [0.29, 0.717) is 6.79 Å². The van der Waals surface area contributed by atoms with Gasteiger partial charge in [-0.3, -0.25) is 0 Å². The van der Waals surface area contributed by atoms with Gasteiger partial charge in [-0.1, -0.05) is 6.08 Å². The number of ether oxygens (including phenoxy) is 3. The highest BCUT2D eigenvalue weighted by Crippen LogP contribution is 2.28. The van der Waals surface area contributed by atoms with Gasteiger partial charge in [-0.2, -0.15) is 0 Å². The lowest BCUT2D eigenvalue weighted by Gasteiger charge is -2.05. The lowest BCUT2D eigenvalue weighted by atomic mass is 10.2. The van der Waals surface area contributed by atoms with E-state index in [0.717, 1.165) is 6.42 Å². The van der Waals surface area contributed by atoms with Gasteiger partial charge in [0.05, 0.1) is 6.10 Å². The van der Waals surface area contributed by atoms with Crippen LogP contribution in [-0.4, -0.2) is 25.3 Å². The molecule has 0 saturated carbocycles. The van der Waals surface area contributed by atoms with Crippen LogP contribution in [0.4, 0.5) is 0 Å². The summed E-state index contributed by atoms with van der Waals surface area (Å²) in [5.74, 6) is 0. The third-order valence-corrected chi connectivity index (χ3v) is 1.85. The molecule has 0 radical (unpaired) electrons. The van der Waals surface area contributed by atoms with Crippen LogP contribution in [0, 0.1) is 0 Å². The minimum Gasteiger partial charge on any atom is -0.347 e. The van der Waals surface area contributed by atoms with Gasteiger partial charge in [-0.15, -0.1) is 6.58 Å². The van der Waals surface area contributed by atoms with Gasteiger partial charge in [0.2, 0.25) is 0 Å². The van der Waals surface area contributed by atoms with Gasteiger partial charge in [-0.25, -0.2) is 0 Å². The van der Waals surface area contributed by atoms with Crippen LogP contribution >= 0.6 is 0 Å². The summed E-state index contributed by atoms with van der Waals surface area (Å²) in [7, 11) is 0. The summed E-state index contributed by atoms with van der Waals surface area (Å²) in [6, 6.07) is 0. The average molecular weight is 142 g/mol. The van der Waals surface area contributed by atoms with E-state index in [4.69, 9.17) is 14.2 Å². The van der Waals surface area contributed by atoms with Gasteiger partial charge < -0.3 is 14.2 Å². The van der Waals surface area contributed by atoms with E-state index in [1.165, 1.54) is 0 Å². The standard InChI is InChI=1S/C7H10O3/c1-2-5-3-6-7(10-5)9-4-8-6/h2,5-7H,1,3-4H2. The van der Waals surface area contributed by atoms with E-state index >= 15 is 0 Å². The molecule has 0 spiro atoms. The van der Waals surface area contributed by atoms with Crippen LogP contribution in [0.3, 0.4) is 0 Å². The molecular weight excluding hydrogens is 132 g/mol. The molecule has 0 N–H and O–H groups in total. The predicted molar refractivity (Wildman–Crippen MR) is 34.3 cm³/mol. The molecule has 3 heteroatoms. The zero-order chi connectivity index (χ0) is 6.97. The molecule has 0 aromatic heterocycles. The Morgan fingerprint density at radius 1 is 1.40 bits per heavy atom. The van der Waals surface area contributed by atoms with E-state index in [2.05, 4.69) is 6.58 Å². The molecule has 0 aliphatic carbocycles. The van der Waals surface area contributed by atoms with Gasteiger partial charge in [0.25, 0.3) is 0 Å². The Bertz CT molecular complexity index is 134. The van der Waals surface area contributed by atoms with Crippen molar-refractivity contribution >= 4 is 0 Å². The second-order valence-corrected chi connectivity index (χ2v) is 2.50. The molecule has 3 nitrogen and oxygen atoms in total. The molecule has 0 amide bonds. The fourth-order valence-electron chi connectivity index (χ4n) is 1.29. The Labute approximate surface area is 59.6 Å². The van der Waals surface area contributed by atoms with Gasteiger partial charge >= 0.3 is 0 Å². The number of hydrogen-bond donors (Lipinski definition) is 0. The zero-order valence-electron chi connectivity index (χ0n) is 5.66. The van der Waals surface area contributed by atoms with E-state index in [9.17, 15) is 0 Å². The summed E-state index contributed by atoms with van der Waals surface area (Å²) in [5, 5.41) is 0. The third kappa shape index (κ3) is 0.868. The largest absolute Gasteiger partial charge is 0.347 e. The molecule has 2 heterocycles. The molecule has 56 valence electrons. The SMILES string of the molecule is C=CC1CC2OCOC2O1. The molecular formula is C7H10O3. The Morgan fingerprint density at radius 3 is 3.00 bits per heavy atom. The van der Waals surface area contributed by atoms with E-state index in [1.54, 1.807) is 6.08 Å². The molecule has 3 unspecified atom stereocenters. The number of hydrogen-bond acceptors (Lipinski definition) is 3. The van der Waals surface area contributed by atoms with Crippen molar-refractivity contribution < 1.29 is 14.2 Å². The molecule has 2 fully saturated rings. The number of fused-ring (bicyclic) bond motifs is 1. The van der Waals surface area contributed by atoms with Crippen molar-refractivity contribution in [3.63, 3.8) is 0 Å². The smallest absolute Gasteiger partial charge is 0.187 e. The minimum atomic E-state index is -0.136. The van der Waals surface area contributed by atoms with Crippen molar-refractivity contribution in [3.8, 4) is 0 Å². The molecule has 0 aromatic rings. The second kappa shape index (κ2) is 2.34. The maximum atomic E-state index is 5.37. The maximum Gasteiger partial charge on any atom is 0.187 e. The first-order chi connectivity index (χ1) is 4.90. The molecule has 2 aliphatic heterocycles. The number of rotatable bonds is 1. The van der Waals surface area contributed by atoms with E-state index in [1.807, 2.05) is 0 Å². The van der Waals surface area contributed by atoms with Crippen molar-refractivity contribution in [2.24, 2.45) is 0 Å². The molecule has 2 saturated heterocycles. The highest BCUT2D eigenvalue weighted by atomic mass is 16.8. The average Bonchev–Trinajstić information content (AvgIpc) is 2.42. The predicted octanol–water partition coefficient (Wildman–Crippen LogP) is 0.660. The van der Waals surface area contributed by atoms with Crippen LogP contribution in [0.1, 0.15) is 6.42 Å². The fourth-order valence-corrected chi connectivity index (χ4v) is 1.29. The minimum absolute atomic E-state index is 0.121. The van der Waals surface area contributed by atoms with Crippen molar-refractivity contribution in [1.82, 2.24) is 0 Å². The topological polar surface area (TPSA) is 27.7 Å².